The zero-order chi connectivity index (χ0) is 14.2. The van der Waals surface area contributed by atoms with Crippen molar-refractivity contribution in [3.63, 3.8) is 0 Å². The topological polar surface area (TPSA) is 0 Å². The van der Waals surface area contributed by atoms with Crippen LogP contribution in [0.5, 0.6) is 0 Å². The van der Waals surface area contributed by atoms with E-state index in [0.717, 1.165) is 0 Å². The molecule has 0 fully saturated rings. The molecule has 0 N–H and O–H groups in total. The SMILES string of the molecule is CCCC[c-]1ccc2cc3c(cc21)CC(CC)(CC)C3.[Hf]. The van der Waals surface area contributed by atoms with E-state index in [1.165, 1.54) is 55.7 Å². The molecule has 112 valence electrons. The molecular formula is C20H27Hf-. The van der Waals surface area contributed by atoms with Gasteiger partial charge in [0.1, 0.15) is 0 Å². The third-order valence-electron chi connectivity index (χ3n) is 5.61. The Morgan fingerprint density at radius 1 is 1.05 bits per heavy atom. The first-order chi connectivity index (χ1) is 9.71. The molecule has 1 aliphatic carbocycles. The summed E-state index contributed by atoms with van der Waals surface area (Å²) in [6.45, 7) is 7.00. The molecule has 0 atom stereocenters. The molecule has 0 heterocycles. The van der Waals surface area contributed by atoms with Gasteiger partial charge in [0.25, 0.3) is 0 Å². The van der Waals surface area contributed by atoms with E-state index in [2.05, 4.69) is 45.0 Å². The molecule has 0 bridgehead atoms. The van der Waals surface area contributed by atoms with E-state index >= 15 is 0 Å². The number of aryl methyl sites for hydroxylation is 1. The normalized spacial score (nSPS) is 16.0. The summed E-state index contributed by atoms with van der Waals surface area (Å²) in [6.07, 6.45) is 9.04. The van der Waals surface area contributed by atoms with Gasteiger partial charge >= 0.3 is 0 Å². The van der Waals surface area contributed by atoms with Crippen molar-refractivity contribution < 1.29 is 25.8 Å². The van der Waals surface area contributed by atoms with E-state index in [1.807, 2.05) is 0 Å². The number of hydrogen-bond acceptors (Lipinski definition) is 0. The zero-order valence-corrected chi connectivity index (χ0v) is 17.4. The zero-order valence-electron chi connectivity index (χ0n) is 13.8. The molecule has 0 amide bonds. The van der Waals surface area contributed by atoms with Gasteiger partial charge in [-0.1, -0.05) is 51.2 Å². The second-order valence-corrected chi connectivity index (χ2v) is 6.73. The predicted octanol–water partition coefficient (Wildman–Crippen LogP) is 5.80. The maximum absolute atomic E-state index is 2.52. The standard InChI is InChI=1S/C20H27.Hf/c1-4-7-8-15-9-10-16-11-17-13-20(5-2,6-3)14-18(17)12-19(15)16;/h9-12H,4-8,13-14H2,1-3H3;/q-1;. The molecule has 0 unspecified atom stereocenters. The summed E-state index contributed by atoms with van der Waals surface area (Å²) in [6, 6.07) is 9.68. The monoisotopic (exact) mass is 447 g/mol. The molecule has 2 aromatic carbocycles. The van der Waals surface area contributed by atoms with Crippen LogP contribution in [0.15, 0.2) is 24.3 Å². The number of rotatable bonds is 5. The Labute approximate surface area is 148 Å². The molecule has 2 aromatic rings. The molecule has 0 saturated heterocycles. The van der Waals surface area contributed by atoms with E-state index in [9.17, 15) is 0 Å². The van der Waals surface area contributed by atoms with Gasteiger partial charge in [-0.25, -0.2) is 0 Å². The van der Waals surface area contributed by atoms with Crippen LogP contribution in [-0.4, -0.2) is 0 Å². The average molecular weight is 446 g/mol. The minimum atomic E-state index is 0. The van der Waals surface area contributed by atoms with E-state index in [0.29, 0.717) is 5.41 Å². The van der Waals surface area contributed by atoms with Crippen molar-refractivity contribution >= 4 is 10.8 Å². The molecule has 0 radical (unpaired) electrons. The van der Waals surface area contributed by atoms with Crippen molar-refractivity contribution in [1.82, 2.24) is 0 Å². The van der Waals surface area contributed by atoms with Crippen LogP contribution in [0, 0.1) is 5.41 Å². The van der Waals surface area contributed by atoms with Crippen molar-refractivity contribution in [2.45, 2.75) is 65.7 Å². The van der Waals surface area contributed by atoms with Gasteiger partial charge in [0.15, 0.2) is 0 Å². The van der Waals surface area contributed by atoms with Crippen molar-refractivity contribution in [3.05, 3.63) is 41.0 Å². The van der Waals surface area contributed by atoms with Gasteiger partial charge in [-0.15, -0.1) is 34.5 Å². The summed E-state index contributed by atoms with van der Waals surface area (Å²) >= 11 is 0. The van der Waals surface area contributed by atoms with E-state index in [4.69, 9.17) is 0 Å². The van der Waals surface area contributed by atoms with Gasteiger partial charge in [0, 0.05) is 25.8 Å². The van der Waals surface area contributed by atoms with Crippen molar-refractivity contribution in [2.24, 2.45) is 5.41 Å². The maximum Gasteiger partial charge on any atom is 0 e. The van der Waals surface area contributed by atoms with Crippen molar-refractivity contribution in [3.8, 4) is 0 Å². The number of fused-ring (bicyclic) bond motifs is 2. The van der Waals surface area contributed by atoms with Crippen LogP contribution < -0.4 is 0 Å². The maximum atomic E-state index is 2.52. The fourth-order valence-electron chi connectivity index (χ4n) is 3.94. The third-order valence-corrected chi connectivity index (χ3v) is 5.61. The van der Waals surface area contributed by atoms with Crippen LogP contribution in [0.1, 0.15) is 63.1 Å². The predicted molar refractivity (Wildman–Crippen MR) is 88.6 cm³/mol. The van der Waals surface area contributed by atoms with E-state index < -0.39 is 0 Å². The van der Waals surface area contributed by atoms with Crippen LogP contribution in [0.4, 0.5) is 0 Å². The fourth-order valence-corrected chi connectivity index (χ4v) is 3.94. The molecule has 1 heteroatoms. The number of benzene rings is 1. The summed E-state index contributed by atoms with van der Waals surface area (Å²) in [7, 11) is 0. The molecule has 21 heavy (non-hydrogen) atoms. The Bertz CT molecular complexity index is 602. The largest absolute Gasteiger partial charge is 0.168 e. The molecule has 1 aliphatic rings. The van der Waals surface area contributed by atoms with E-state index in [-0.39, 0.29) is 25.8 Å². The second kappa shape index (κ2) is 6.86. The Kier molecular flexibility index (Phi) is 5.57. The molecule has 0 saturated carbocycles. The average Bonchev–Trinajstić information content (AvgIpc) is 3.03. The molecular weight excluding hydrogens is 419 g/mol. The first-order valence-corrected chi connectivity index (χ1v) is 8.41. The third kappa shape index (κ3) is 3.09. The van der Waals surface area contributed by atoms with Crippen LogP contribution in [-0.2, 0) is 45.1 Å². The second-order valence-electron chi connectivity index (χ2n) is 6.73. The number of unbranched alkanes of at least 4 members (excludes halogenated alkanes) is 1. The Balaban J connectivity index is 0.00000161. The van der Waals surface area contributed by atoms with E-state index in [1.54, 1.807) is 16.7 Å². The minimum absolute atomic E-state index is 0. The molecule has 0 spiro atoms. The summed E-state index contributed by atoms with van der Waals surface area (Å²) in [5.74, 6) is 0. The summed E-state index contributed by atoms with van der Waals surface area (Å²) in [5.41, 5.74) is 5.36. The summed E-state index contributed by atoms with van der Waals surface area (Å²) in [4.78, 5) is 0. The molecule has 3 rings (SSSR count). The van der Waals surface area contributed by atoms with Gasteiger partial charge in [0.2, 0.25) is 0 Å². The van der Waals surface area contributed by atoms with Crippen LogP contribution in [0.3, 0.4) is 0 Å². The van der Waals surface area contributed by atoms with Gasteiger partial charge in [-0.3, -0.25) is 0 Å². The van der Waals surface area contributed by atoms with Crippen LogP contribution >= 0.6 is 0 Å². The first-order valence-electron chi connectivity index (χ1n) is 8.41. The van der Waals surface area contributed by atoms with Gasteiger partial charge < -0.3 is 0 Å². The molecule has 0 aliphatic heterocycles. The smallest absolute Gasteiger partial charge is 0 e. The van der Waals surface area contributed by atoms with Crippen molar-refractivity contribution in [2.75, 3.05) is 0 Å². The Morgan fingerprint density at radius 2 is 1.71 bits per heavy atom. The molecule has 0 nitrogen and oxygen atoms in total. The minimum Gasteiger partial charge on any atom is -0.168 e. The first kappa shape index (κ1) is 17.1. The summed E-state index contributed by atoms with van der Waals surface area (Å²) < 4.78 is 0. The van der Waals surface area contributed by atoms with Gasteiger partial charge in [-0.2, -0.15) is 6.07 Å². The quantitative estimate of drug-likeness (QED) is 0.403. The Hall–Kier alpha value is -0.300. The molecule has 0 aromatic heterocycles. The van der Waals surface area contributed by atoms with Gasteiger partial charge in [-0.05, 0) is 31.1 Å². The van der Waals surface area contributed by atoms with Crippen LogP contribution in [0.25, 0.3) is 10.8 Å². The fraction of sp³-hybridized carbons (Fsp3) is 0.550. The summed E-state index contributed by atoms with van der Waals surface area (Å²) in [5, 5.41) is 3.00. The van der Waals surface area contributed by atoms with Crippen molar-refractivity contribution in [1.29, 1.82) is 0 Å². The van der Waals surface area contributed by atoms with Crippen LogP contribution in [0.2, 0.25) is 0 Å². The Morgan fingerprint density at radius 3 is 2.33 bits per heavy atom. The van der Waals surface area contributed by atoms with Gasteiger partial charge in [0.05, 0.1) is 0 Å². The number of hydrogen-bond donors (Lipinski definition) is 0.